The molecule has 0 aliphatic carbocycles. The van der Waals surface area contributed by atoms with Gasteiger partial charge in [-0.05, 0) is 48.9 Å². The Balaban J connectivity index is 1.68. The average molecular weight is 386 g/mol. The lowest BCUT2D eigenvalue weighted by Gasteiger charge is -2.06. The Kier molecular flexibility index (Phi) is 6.03. The lowest BCUT2D eigenvalue weighted by atomic mass is 10.1. The summed E-state index contributed by atoms with van der Waals surface area (Å²) in [6.45, 7) is 2.67. The van der Waals surface area contributed by atoms with Gasteiger partial charge in [0.05, 0.1) is 19.4 Å². The van der Waals surface area contributed by atoms with E-state index < -0.39 is 5.82 Å². The van der Waals surface area contributed by atoms with Crippen molar-refractivity contribution in [1.29, 1.82) is 0 Å². The third-order valence-electron chi connectivity index (χ3n) is 3.76. The normalized spacial score (nSPS) is 10.5. The second-order valence-corrected chi connectivity index (χ2v) is 6.57. The second kappa shape index (κ2) is 8.64. The highest BCUT2D eigenvalue weighted by Crippen LogP contribution is 2.28. The number of carbonyl (C=O) groups excluding carboxylic acids is 1. The third kappa shape index (κ3) is 4.62. The zero-order valence-electron chi connectivity index (χ0n) is 15.0. The summed E-state index contributed by atoms with van der Waals surface area (Å²) < 4.78 is 24.3. The van der Waals surface area contributed by atoms with Gasteiger partial charge < -0.3 is 9.47 Å². The minimum absolute atomic E-state index is 0.175. The van der Waals surface area contributed by atoms with Crippen molar-refractivity contribution in [3.05, 3.63) is 59.2 Å². The molecule has 3 rings (SSSR count). The first-order valence-electron chi connectivity index (χ1n) is 8.44. The maximum Gasteiger partial charge on any atom is 0.257 e. The molecule has 5 nitrogen and oxygen atoms in total. The van der Waals surface area contributed by atoms with Crippen LogP contribution in [0.4, 0.5) is 9.52 Å². The van der Waals surface area contributed by atoms with Crippen molar-refractivity contribution in [2.45, 2.75) is 13.3 Å². The molecule has 1 heterocycles. The van der Waals surface area contributed by atoms with E-state index in [9.17, 15) is 9.18 Å². The molecule has 1 amide bonds. The Labute approximate surface area is 160 Å². The maximum absolute atomic E-state index is 13.9. The number of ether oxygens (including phenoxy) is 2. The lowest BCUT2D eigenvalue weighted by Crippen LogP contribution is -2.11. The summed E-state index contributed by atoms with van der Waals surface area (Å²) in [5, 5.41) is 4.96. The van der Waals surface area contributed by atoms with Gasteiger partial charge in [0.25, 0.3) is 5.91 Å². The monoisotopic (exact) mass is 386 g/mol. The van der Waals surface area contributed by atoms with Crippen molar-refractivity contribution in [2.75, 3.05) is 19.0 Å². The maximum atomic E-state index is 13.9. The zero-order chi connectivity index (χ0) is 19.2. The van der Waals surface area contributed by atoms with Crippen LogP contribution in [-0.4, -0.2) is 24.6 Å². The number of nitrogens with one attached hydrogen (secondary N) is 1. The molecule has 7 heteroatoms. The van der Waals surface area contributed by atoms with E-state index in [4.69, 9.17) is 9.47 Å². The van der Waals surface area contributed by atoms with Gasteiger partial charge >= 0.3 is 0 Å². The van der Waals surface area contributed by atoms with Crippen LogP contribution in [0.1, 0.15) is 23.7 Å². The van der Waals surface area contributed by atoms with Crippen LogP contribution in [-0.2, 0) is 0 Å². The summed E-state index contributed by atoms with van der Waals surface area (Å²) >= 11 is 1.28. The van der Waals surface area contributed by atoms with Gasteiger partial charge in [-0.3, -0.25) is 10.1 Å². The number of anilines is 1. The highest BCUT2D eigenvalue weighted by atomic mass is 32.1. The first kappa shape index (κ1) is 18.8. The van der Waals surface area contributed by atoms with E-state index in [1.165, 1.54) is 24.5 Å². The van der Waals surface area contributed by atoms with E-state index in [0.717, 1.165) is 12.2 Å². The molecule has 0 saturated heterocycles. The number of halogens is 1. The summed E-state index contributed by atoms with van der Waals surface area (Å²) in [6, 6.07) is 11.5. The molecule has 1 aromatic heterocycles. The van der Waals surface area contributed by atoms with Crippen LogP contribution >= 0.6 is 11.3 Å². The van der Waals surface area contributed by atoms with Gasteiger partial charge in [-0.25, -0.2) is 9.37 Å². The molecule has 0 saturated carbocycles. The highest BCUT2D eigenvalue weighted by Gasteiger charge is 2.12. The van der Waals surface area contributed by atoms with Crippen LogP contribution in [0.5, 0.6) is 11.5 Å². The van der Waals surface area contributed by atoms with Crippen molar-refractivity contribution < 1.29 is 18.7 Å². The summed E-state index contributed by atoms with van der Waals surface area (Å²) in [4.78, 5) is 16.7. The molecule has 1 N–H and O–H groups in total. The Morgan fingerprint density at radius 3 is 2.67 bits per heavy atom. The lowest BCUT2D eigenvalue weighted by molar-refractivity contribution is 0.102. The van der Waals surface area contributed by atoms with Crippen LogP contribution in [0.3, 0.4) is 0 Å². The van der Waals surface area contributed by atoms with Crippen molar-refractivity contribution in [3.63, 3.8) is 0 Å². The number of aromatic nitrogens is 1. The minimum atomic E-state index is -0.459. The number of thiazole rings is 1. The fourth-order valence-electron chi connectivity index (χ4n) is 2.38. The van der Waals surface area contributed by atoms with Crippen LogP contribution in [0.25, 0.3) is 11.3 Å². The van der Waals surface area contributed by atoms with Crippen molar-refractivity contribution in [3.8, 4) is 22.8 Å². The minimum Gasteiger partial charge on any atom is -0.494 e. The topological polar surface area (TPSA) is 60.5 Å². The average Bonchev–Trinajstić information content (AvgIpc) is 3.15. The van der Waals surface area contributed by atoms with E-state index in [-0.39, 0.29) is 11.7 Å². The van der Waals surface area contributed by atoms with Gasteiger partial charge in [-0.2, -0.15) is 0 Å². The number of carbonyl (C=O) groups is 1. The molecule has 0 aliphatic rings. The number of amides is 1. The molecule has 140 valence electrons. The summed E-state index contributed by atoms with van der Waals surface area (Å²) in [5.74, 6) is 0.179. The molecule has 27 heavy (non-hydrogen) atoms. The van der Waals surface area contributed by atoms with Crippen molar-refractivity contribution in [1.82, 2.24) is 4.98 Å². The molecule has 0 spiro atoms. The van der Waals surface area contributed by atoms with Gasteiger partial charge in [-0.15, -0.1) is 11.3 Å². The van der Waals surface area contributed by atoms with E-state index in [1.807, 2.05) is 6.92 Å². The highest BCUT2D eigenvalue weighted by molar-refractivity contribution is 7.14. The van der Waals surface area contributed by atoms with Gasteiger partial charge in [0, 0.05) is 16.5 Å². The molecule has 0 bridgehead atoms. The Morgan fingerprint density at radius 1 is 1.22 bits per heavy atom. The number of methoxy groups -OCH3 is 1. The standard InChI is InChI=1S/C20H19FN2O3S/c1-3-10-26-15-7-4-13(5-8-15)19(24)23-20-22-17(12-27-20)14-6-9-18(25-2)16(21)11-14/h4-9,11-12H,3,10H2,1-2H3,(H,22,23,24). The number of rotatable bonds is 7. The summed E-state index contributed by atoms with van der Waals surface area (Å²) in [6.07, 6.45) is 0.923. The quantitative estimate of drug-likeness (QED) is 0.621. The molecular formula is C20H19FN2O3S. The van der Waals surface area contributed by atoms with Crippen LogP contribution in [0, 0.1) is 5.82 Å². The first-order valence-corrected chi connectivity index (χ1v) is 9.32. The summed E-state index contributed by atoms with van der Waals surface area (Å²) in [7, 11) is 1.41. The van der Waals surface area contributed by atoms with Gasteiger partial charge in [0.2, 0.25) is 0 Å². The predicted molar refractivity (Wildman–Crippen MR) is 104 cm³/mol. The molecule has 0 unspecified atom stereocenters. The number of hydrogen-bond donors (Lipinski definition) is 1. The van der Waals surface area contributed by atoms with Crippen LogP contribution in [0.15, 0.2) is 47.8 Å². The smallest absolute Gasteiger partial charge is 0.257 e. The Morgan fingerprint density at radius 2 is 2.00 bits per heavy atom. The Hall–Kier alpha value is -2.93. The number of hydrogen-bond acceptors (Lipinski definition) is 5. The molecule has 0 fully saturated rings. The van der Waals surface area contributed by atoms with Crippen molar-refractivity contribution in [2.24, 2.45) is 0 Å². The molecule has 2 aromatic carbocycles. The van der Waals surface area contributed by atoms with Gasteiger partial charge in [-0.1, -0.05) is 6.92 Å². The Bertz CT molecular complexity index is 925. The summed E-state index contributed by atoms with van der Waals surface area (Å²) in [5.41, 5.74) is 1.70. The fourth-order valence-corrected chi connectivity index (χ4v) is 3.10. The number of benzene rings is 2. The fraction of sp³-hybridized carbons (Fsp3) is 0.200. The largest absolute Gasteiger partial charge is 0.494 e. The molecule has 0 radical (unpaired) electrons. The molecule has 0 atom stereocenters. The third-order valence-corrected chi connectivity index (χ3v) is 4.52. The van der Waals surface area contributed by atoms with Gasteiger partial charge in [0.1, 0.15) is 5.75 Å². The van der Waals surface area contributed by atoms with E-state index in [1.54, 1.807) is 41.8 Å². The van der Waals surface area contributed by atoms with E-state index in [0.29, 0.717) is 28.6 Å². The van der Waals surface area contributed by atoms with Crippen LogP contribution in [0.2, 0.25) is 0 Å². The molecule has 0 aliphatic heterocycles. The van der Waals surface area contributed by atoms with Crippen molar-refractivity contribution >= 4 is 22.4 Å². The first-order chi connectivity index (χ1) is 13.1. The predicted octanol–water partition coefficient (Wildman–Crippen LogP) is 5.00. The zero-order valence-corrected chi connectivity index (χ0v) is 15.8. The second-order valence-electron chi connectivity index (χ2n) is 5.71. The van der Waals surface area contributed by atoms with E-state index >= 15 is 0 Å². The molecule has 3 aromatic rings. The SMILES string of the molecule is CCCOc1ccc(C(=O)Nc2nc(-c3ccc(OC)c(F)c3)cs2)cc1. The van der Waals surface area contributed by atoms with Gasteiger partial charge in [0.15, 0.2) is 16.7 Å². The van der Waals surface area contributed by atoms with E-state index in [2.05, 4.69) is 10.3 Å². The number of nitrogens with zero attached hydrogens (tertiary/aromatic N) is 1. The molecular weight excluding hydrogens is 367 g/mol. The van der Waals surface area contributed by atoms with Crippen LogP contribution < -0.4 is 14.8 Å².